The number of hydrogen-bond donors (Lipinski definition) is 2. The van der Waals surface area contributed by atoms with Gasteiger partial charge in [0, 0.05) is 31.9 Å². The molecule has 6 heteroatoms. The van der Waals surface area contributed by atoms with Crippen LogP contribution < -0.4 is 15.5 Å². The molecule has 2 N–H and O–H groups in total. The van der Waals surface area contributed by atoms with Crippen LogP contribution in [0.15, 0.2) is 54.6 Å². The first-order valence-electron chi connectivity index (χ1n) is 10.2. The standard InChI is InChI=1S/C23H29N3O3/c27-22(23(28)25-14-12-19-5-2-1-3-6-19)24-13-4-7-20-8-10-21(11-9-20)26-15-17-29-18-16-26/h1-3,5-6,8-11H,4,7,12-18H2,(H,24,27)(H,25,28). The predicted molar refractivity (Wildman–Crippen MR) is 114 cm³/mol. The summed E-state index contributed by atoms with van der Waals surface area (Å²) in [6.45, 7) is 4.35. The summed E-state index contributed by atoms with van der Waals surface area (Å²) >= 11 is 0. The van der Waals surface area contributed by atoms with Crippen LogP contribution in [0.5, 0.6) is 0 Å². The largest absolute Gasteiger partial charge is 0.378 e. The highest BCUT2D eigenvalue weighted by Gasteiger charge is 2.12. The molecule has 1 fully saturated rings. The third-order valence-corrected chi connectivity index (χ3v) is 4.99. The maximum absolute atomic E-state index is 11.9. The second-order valence-corrected chi connectivity index (χ2v) is 7.12. The van der Waals surface area contributed by atoms with Crippen molar-refractivity contribution in [3.8, 4) is 0 Å². The van der Waals surface area contributed by atoms with E-state index in [0.717, 1.165) is 44.7 Å². The van der Waals surface area contributed by atoms with Gasteiger partial charge in [-0.15, -0.1) is 0 Å². The van der Waals surface area contributed by atoms with Gasteiger partial charge < -0.3 is 20.3 Å². The molecule has 154 valence electrons. The van der Waals surface area contributed by atoms with Gasteiger partial charge in [-0.25, -0.2) is 0 Å². The maximum Gasteiger partial charge on any atom is 0.309 e. The molecule has 1 aliphatic heterocycles. The van der Waals surface area contributed by atoms with E-state index in [2.05, 4.69) is 39.8 Å². The third-order valence-electron chi connectivity index (χ3n) is 4.99. The molecule has 2 aromatic carbocycles. The highest BCUT2D eigenvalue weighted by Crippen LogP contribution is 2.17. The van der Waals surface area contributed by atoms with E-state index in [1.54, 1.807) is 0 Å². The number of benzene rings is 2. The predicted octanol–water partition coefficient (Wildman–Crippen LogP) is 1.93. The summed E-state index contributed by atoms with van der Waals surface area (Å²) in [5.74, 6) is -1.14. The van der Waals surface area contributed by atoms with Crippen molar-refractivity contribution in [1.82, 2.24) is 10.6 Å². The number of nitrogens with one attached hydrogen (secondary N) is 2. The van der Waals surface area contributed by atoms with Crippen molar-refractivity contribution >= 4 is 17.5 Å². The first kappa shape index (κ1) is 20.9. The second-order valence-electron chi connectivity index (χ2n) is 7.12. The van der Waals surface area contributed by atoms with E-state index in [4.69, 9.17) is 4.74 Å². The molecule has 6 nitrogen and oxygen atoms in total. The van der Waals surface area contributed by atoms with Gasteiger partial charge in [0.15, 0.2) is 0 Å². The number of aryl methyl sites for hydroxylation is 1. The normalized spacial score (nSPS) is 13.7. The third kappa shape index (κ3) is 6.91. The fraction of sp³-hybridized carbons (Fsp3) is 0.391. The minimum absolute atomic E-state index is 0.450. The molecule has 1 heterocycles. The lowest BCUT2D eigenvalue weighted by Gasteiger charge is -2.28. The number of amides is 2. The van der Waals surface area contributed by atoms with Crippen LogP contribution in [-0.2, 0) is 27.2 Å². The molecule has 0 radical (unpaired) electrons. The zero-order chi connectivity index (χ0) is 20.3. The fourth-order valence-electron chi connectivity index (χ4n) is 3.32. The summed E-state index contributed by atoms with van der Waals surface area (Å²) in [6, 6.07) is 18.4. The summed E-state index contributed by atoms with van der Waals surface area (Å²) in [6.07, 6.45) is 2.36. The molecule has 1 aliphatic rings. The molecular formula is C23H29N3O3. The minimum Gasteiger partial charge on any atom is -0.378 e. The van der Waals surface area contributed by atoms with E-state index in [0.29, 0.717) is 19.5 Å². The Morgan fingerprint density at radius 1 is 0.793 bits per heavy atom. The van der Waals surface area contributed by atoms with E-state index in [-0.39, 0.29) is 0 Å². The maximum atomic E-state index is 11.9. The van der Waals surface area contributed by atoms with Gasteiger partial charge in [0.05, 0.1) is 13.2 Å². The van der Waals surface area contributed by atoms with E-state index < -0.39 is 11.8 Å². The molecule has 0 unspecified atom stereocenters. The van der Waals surface area contributed by atoms with Gasteiger partial charge in [-0.1, -0.05) is 42.5 Å². The highest BCUT2D eigenvalue weighted by atomic mass is 16.5. The lowest BCUT2D eigenvalue weighted by molar-refractivity contribution is -0.139. The minimum atomic E-state index is -0.573. The van der Waals surface area contributed by atoms with E-state index in [1.165, 1.54) is 11.3 Å². The van der Waals surface area contributed by atoms with Gasteiger partial charge >= 0.3 is 11.8 Å². The van der Waals surface area contributed by atoms with E-state index in [9.17, 15) is 9.59 Å². The number of carbonyl (C=O) groups is 2. The SMILES string of the molecule is O=C(NCCCc1ccc(N2CCOCC2)cc1)C(=O)NCCc1ccccc1. The van der Waals surface area contributed by atoms with Crippen LogP contribution in [0.2, 0.25) is 0 Å². The Kier molecular flexibility index (Phi) is 8.07. The molecular weight excluding hydrogens is 366 g/mol. The summed E-state index contributed by atoms with van der Waals surface area (Å²) in [7, 11) is 0. The Morgan fingerprint density at radius 3 is 2.10 bits per heavy atom. The summed E-state index contributed by atoms with van der Waals surface area (Å²) in [5, 5.41) is 5.35. The van der Waals surface area contributed by atoms with Crippen molar-refractivity contribution in [3.05, 3.63) is 65.7 Å². The number of carbonyl (C=O) groups excluding carboxylic acids is 2. The van der Waals surface area contributed by atoms with Gasteiger partial charge in [0.1, 0.15) is 0 Å². The first-order valence-corrected chi connectivity index (χ1v) is 10.2. The molecule has 0 aromatic heterocycles. The number of rotatable bonds is 8. The van der Waals surface area contributed by atoms with Crippen molar-refractivity contribution in [1.29, 1.82) is 0 Å². The van der Waals surface area contributed by atoms with Gasteiger partial charge in [-0.05, 0) is 42.5 Å². The number of ether oxygens (including phenoxy) is 1. The summed E-state index contributed by atoms with van der Waals surface area (Å²) in [4.78, 5) is 26.0. The number of hydrogen-bond acceptors (Lipinski definition) is 4. The van der Waals surface area contributed by atoms with Crippen LogP contribution in [0.1, 0.15) is 17.5 Å². The van der Waals surface area contributed by atoms with Crippen LogP contribution in [0.25, 0.3) is 0 Å². The molecule has 0 atom stereocenters. The lowest BCUT2D eigenvalue weighted by atomic mass is 10.1. The number of morpholine rings is 1. The molecule has 29 heavy (non-hydrogen) atoms. The monoisotopic (exact) mass is 395 g/mol. The summed E-state index contributed by atoms with van der Waals surface area (Å²) in [5.41, 5.74) is 3.58. The Labute approximate surface area is 172 Å². The quantitative estimate of drug-likeness (QED) is 0.529. The Morgan fingerprint density at radius 2 is 1.41 bits per heavy atom. The molecule has 0 saturated carbocycles. The molecule has 1 saturated heterocycles. The smallest absolute Gasteiger partial charge is 0.309 e. The van der Waals surface area contributed by atoms with Crippen LogP contribution in [0.3, 0.4) is 0 Å². The van der Waals surface area contributed by atoms with Crippen molar-refractivity contribution in [3.63, 3.8) is 0 Å². The second kappa shape index (κ2) is 11.2. The average Bonchev–Trinajstić information content (AvgIpc) is 2.78. The first-order chi connectivity index (χ1) is 14.2. The average molecular weight is 396 g/mol. The lowest BCUT2D eigenvalue weighted by Crippen LogP contribution is -2.41. The van der Waals surface area contributed by atoms with Crippen LogP contribution in [0.4, 0.5) is 5.69 Å². The Balaban J connectivity index is 1.30. The van der Waals surface area contributed by atoms with Gasteiger partial charge in [-0.3, -0.25) is 9.59 Å². The highest BCUT2D eigenvalue weighted by molar-refractivity contribution is 6.35. The van der Waals surface area contributed by atoms with Crippen molar-refractivity contribution in [2.24, 2.45) is 0 Å². The van der Waals surface area contributed by atoms with Crippen molar-refractivity contribution in [2.45, 2.75) is 19.3 Å². The molecule has 3 rings (SSSR count). The van der Waals surface area contributed by atoms with Crippen molar-refractivity contribution < 1.29 is 14.3 Å². The van der Waals surface area contributed by atoms with Gasteiger partial charge in [0.25, 0.3) is 0 Å². The molecule has 0 bridgehead atoms. The zero-order valence-electron chi connectivity index (χ0n) is 16.7. The molecule has 2 amide bonds. The number of nitrogens with zero attached hydrogens (tertiary/aromatic N) is 1. The Hall–Kier alpha value is -2.86. The Bertz CT molecular complexity index is 772. The van der Waals surface area contributed by atoms with Crippen molar-refractivity contribution in [2.75, 3.05) is 44.3 Å². The molecule has 2 aromatic rings. The van der Waals surface area contributed by atoms with Crippen LogP contribution in [0, 0.1) is 0 Å². The van der Waals surface area contributed by atoms with E-state index >= 15 is 0 Å². The van der Waals surface area contributed by atoms with E-state index in [1.807, 2.05) is 30.3 Å². The summed E-state index contributed by atoms with van der Waals surface area (Å²) < 4.78 is 5.38. The van der Waals surface area contributed by atoms with Gasteiger partial charge in [-0.2, -0.15) is 0 Å². The number of anilines is 1. The molecule has 0 spiro atoms. The van der Waals surface area contributed by atoms with Gasteiger partial charge in [0.2, 0.25) is 0 Å². The fourth-order valence-corrected chi connectivity index (χ4v) is 3.32. The van der Waals surface area contributed by atoms with Crippen LogP contribution in [-0.4, -0.2) is 51.2 Å². The van der Waals surface area contributed by atoms with Crippen LogP contribution >= 0.6 is 0 Å². The topological polar surface area (TPSA) is 70.7 Å². The molecule has 0 aliphatic carbocycles. The zero-order valence-corrected chi connectivity index (χ0v) is 16.7.